The Morgan fingerprint density at radius 2 is 0.895 bits per heavy atom. The van der Waals surface area contributed by atoms with Gasteiger partial charge in [-0.1, -0.05) is 60.8 Å². The van der Waals surface area contributed by atoms with Crippen LogP contribution in [0.5, 0.6) is 0 Å². The Labute approximate surface area is 119 Å². The van der Waals surface area contributed by atoms with Crippen LogP contribution in [0.4, 0.5) is 11.4 Å². The molecule has 1 N–H and O–H groups in total. The van der Waals surface area contributed by atoms with Crippen molar-refractivity contribution in [2.24, 2.45) is 0 Å². The molecule has 0 radical (unpaired) electrons. The molecule has 0 unspecified atom stereocenters. The third-order valence-electron chi connectivity index (χ3n) is 3.44. The predicted molar refractivity (Wildman–Crippen MR) is 93.2 cm³/mol. The molecule has 2 aromatic rings. The average molecular weight is 286 g/mol. The molecule has 0 spiro atoms. The molecule has 100 valence electrons. The summed E-state index contributed by atoms with van der Waals surface area (Å²) in [4.78, 5) is 0. The van der Waals surface area contributed by atoms with E-state index in [1.54, 1.807) is 0 Å². The summed E-state index contributed by atoms with van der Waals surface area (Å²) in [5.41, 5.74) is 2.35. The van der Waals surface area contributed by atoms with Crippen molar-refractivity contribution >= 4 is 39.3 Å². The van der Waals surface area contributed by atoms with Crippen LogP contribution in [-0.4, -0.2) is 17.6 Å². The molecular formula is C16H23NSi2. The van der Waals surface area contributed by atoms with Crippen LogP contribution in [0, 0.1) is 0 Å². The van der Waals surface area contributed by atoms with Gasteiger partial charge in [-0.05, 0) is 24.3 Å². The molecule has 0 amide bonds. The van der Waals surface area contributed by atoms with Gasteiger partial charge in [0.25, 0.3) is 0 Å². The quantitative estimate of drug-likeness (QED) is 0.852. The van der Waals surface area contributed by atoms with E-state index in [0.717, 1.165) is 0 Å². The molecule has 0 saturated heterocycles. The van der Waals surface area contributed by atoms with Gasteiger partial charge < -0.3 is 5.32 Å². The van der Waals surface area contributed by atoms with Crippen LogP contribution in [0.15, 0.2) is 48.5 Å². The average Bonchev–Trinajstić information content (AvgIpc) is 2.40. The van der Waals surface area contributed by atoms with Gasteiger partial charge in [0.15, 0.2) is 0 Å². The lowest BCUT2D eigenvalue weighted by atomic mass is 10.2. The topological polar surface area (TPSA) is 12.0 Å². The van der Waals surface area contributed by atoms with Gasteiger partial charge in [-0.3, -0.25) is 0 Å². The highest BCUT2D eigenvalue weighted by atomic mass is 28.3. The number of benzene rings is 2. The van der Waals surface area contributed by atoms with Gasteiger partial charge in [-0.25, -0.2) is 0 Å². The summed E-state index contributed by atoms with van der Waals surface area (Å²) in [6.45, 7) is 9.43. The highest BCUT2D eigenvalue weighted by Gasteiger charge is 2.02. The van der Waals surface area contributed by atoms with E-state index in [4.69, 9.17) is 0 Å². The lowest BCUT2D eigenvalue weighted by Gasteiger charge is -2.10. The molecule has 19 heavy (non-hydrogen) atoms. The van der Waals surface area contributed by atoms with E-state index in [-0.39, 0.29) is 0 Å². The van der Waals surface area contributed by atoms with Crippen LogP contribution in [0.3, 0.4) is 0 Å². The third-order valence-corrected chi connectivity index (χ3v) is 6.88. The largest absolute Gasteiger partial charge is 0.356 e. The Balaban J connectivity index is 2.08. The van der Waals surface area contributed by atoms with E-state index >= 15 is 0 Å². The molecule has 0 atom stereocenters. The molecular weight excluding hydrogens is 262 g/mol. The second-order valence-electron chi connectivity index (χ2n) is 5.68. The van der Waals surface area contributed by atoms with Gasteiger partial charge in [-0.15, -0.1) is 0 Å². The van der Waals surface area contributed by atoms with Crippen LogP contribution >= 0.6 is 0 Å². The summed E-state index contributed by atoms with van der Waals surface area (Å²) < 4.78 is 0. The number of anilines is 2. The van der Waals surface area contributed by atoms with Crippen LogP contribution in [0.1, 0.15) is 0 Å². The van der Waals surface area contributed by atoms with Crippen molar-refractivity contribution in [3.63, 3.8) is 0 Å². The summed E-state index contributed by atoms with van der Waals surface area (Å²) in [6, 6.07) is 17.8. The van der Waals surface area contributed by atoms with E-state index in [2.05, 4.69) is 80.0 Å². The summed E-state index contributed by atoms with van der Waals surface area (Å²) in [7, 11) is -1.35. The van der Waals surface area contributed by atoms with Crippen LogP contribution < -0.4 is 15.7 Å². The van der Waals surface area contributed by atoms with Crippen LogP contribution in [0.25, 0.3) is 0 Å². The van der Waals surface area contributed by atoms with Crippen molar-refractivity contribution in [3.8, 4) is 0 Å². The first-order chi connectivity index (χ1) is 9.06. The fraction of sp³-hybridized carbons (Fsp3) is 0.250. The molecule has 0 aliphatic rings. The number of rotatable bonds is 4. The van der Waals surface area contributed by atoms with Gasteiger partial charge in [-0.2, -0.15) is 0 Å². The molecule has 2 rings (SSSR count). The zero-order valence-corrected chi connectivity index (χ0v) is 14.6. The first kappa shape index (κ1) is 14.1. The smallest absolute Gasteiger partial charge is 0.0647 e. The highest BCUT2D eigenvalue weighted by molar-refractivity contribution is 6.71. The lowest BCUT2D eigenvalue weighted by molar-refractivity contribution is 1.57. The minimum atomic E-state index is -0.676. The van der Waals surface area contributed by atoms with Crippen molar-refractivity contribution in [2.75, 3.05) is 5.32 Å². The van der Waals surface area contributed by atoms with Crippen molar-refractivity contribution in [1.82, 2.24) is 0 Å². The summed E-state index contributed by atoms with van der Waals surface area (Å²) in [5.74, 6) is 0. The lowest BCUT2D eigenvalue weighted by Crippen LogP contribution is -2.22. The molecule has 0 aliphatic carbocycles. The van der Waals surface area contributed by atoms with E-state index in [0.29, 0.717) is 0 Å². The molecule has 0 fully saturated rings. The number of nitrogens with one attached hydrogen (secondary N) is 1. The van der Waals surface area contributed by atoms with E-state index in [1.807, 2.05) is 0 Å². The van der Waals surface area contributed by atoms with Crippen LogP contribution in [0.2, 0.25) is 26.2 Å². The minimum absolute atomic E-state index is 0.676. The van der Waals surface area contributed by atoms with Gasteiger partial charge in [0, 0.05) is 11.4 Å². The number of hydrogen-bond acceptors (Lipinski definition) is 1. The summed E-state index contributed by atoms with van der Waals surface area (Å²) in [6.07, 6.45) is 0. The van der Waals surface area contributed by atoms with Crippen molar-refractivity contribution < 1.29 is 0 Å². The Bertz CT molecular complexity index is 466. The Morgan fingerprint density at radius 3 is 1.16 bits per heavy atom. The van der Waals surface area contributed by atoms with E-state index in [9.17, 15) is 0 Å². The third kappa shape index (κ3) is 3.82. The molecule has 0 aromatic heterocycles. The molecule has 0 aliphatic heterocycles. The van der Waals surface area contributed by atoms with Crippen LogP contribution in [-0.2, 0) is 0 Å². The SMILES string of the molecule is C[SiH](C)c1ccc(Nc2ccc([SiH](C)C)cc2)cc1. The molecule has 0 heterocycles. The fourth-order valence-corrected chi connectivity index (χ4v) is 3.99. The Hall–Kier alpha value is -1.33. The molecule has 2 aromatic carbocycles. The van der Waals surface area contributed by atoms with E-state index < -0.39 is 17.6 Å². The van der Waals surface area contributed by atoms with Crippen molar-refractivity contribution in [3.05, 3.63) is 48.5 Å². The highest BCUT2D eigenvalue weighted by Crippen LogP contribution is 2.14. The standard InChI is InChI=1S/C16H23NSi2/c1-18(2)15-9-5-13(6-10-15)17-14-7-11-16(12-8-14)19(3)4/h5-12,17-19H,1-4H3. The first-order valence-corrected chi connectivity index (χ1v) is 12.8. The van der Waals surface area contributed by atoms with Gasteiger partial charge in [0.1, 0.15) is 0 Å². The molecule has 1 nitrogen and oxygen atoms in total. The fourth-order valence-electron chi connectivity index (χ4n) is 2.07. The van der Waals surface area contributed by atoms with Gasteiger partial charge >= 0.3 is 0 Å². The second kappa shape index (κ2) is 6.21. The summed E-state index contributed by atoms with van der Waals surface area (Å²) in [5, 5.41) is 6.51. The maximum atomic E-state index is 3.47. The van der Waals surface area contributed by atoms with Gasteiger partial charge in [0.2, 0.25) is 0 Å². The maximum absolute atomic E-state index is 3.47. The minimum Gasteiger partial charge on any atom is -0.356 e. The molecule has 0 bridgehead atoms. The molecule has 3 heteroatoms. The monoisotopic (exact) mass is 285 g/mol. The van der Waals surface area contributed by atoms with Crippen molar-refractivity contribution in [1.29, 1.82) is 0 Å². The maximum Gasteiger partial charge on any atom is 0.0647 e. The zero-order chi connectivity index (χ0) is 13.8. The second-order valence-corrected chi connectivity index (χ2v) is 11.6. The zero-order valence-electron chi connectivity index (χ0n) is 12.3. The number of hydrogen-bond donors (Lipinski definition) is 1. The Kier molecular flexibility index (Phi) is 4.61. The van der Waals surface area contributed by atoms with Gasteiger partial charge in [0.05, 0.1) is 17.6 Å². The summed E-state index contributed by atoms with van der Waals surface area (Å²) >= 11 is 0. The Morgan fingerprint density at radius 1 is 0.579 bits per heavy atom. The predicted octanol–water partition coefficient (Wildman–Crippen LogP) is 2.82. The van der Waals surface area contributed by atoms with Crippen molar-refractivity contribution in [2.45, 2.75) is 26.2 Å². The first-order valence-electron chi connectivity index (χ1n) is 7.03. The normalized spacial score (nSPS) is 11.1. The van der Waals surface area contributed by atoms with E-state index in [1.165, 1.54) is 21.7 Å². The molecule has 0 saturated carbocycles.